The van der Waals surface area contributed by atoms with Crippen molar-refractivity contribution in [2.75, 3.05) is 40.8 Å². The summed E-state index contributed by atoms with van der Waals surface area (Å²) in [6.45, 7) is 2.69. The molecule has 3 aliphatic heterocycles. The Morgan fingerprint density at radius 1 is 1.22 bits per heavy atom. The van der Waals surface area contributed by atoms with E-state index in [9.17, 15) is 8.42 Å². The van der Waals surface area contributed by atoms with Crippen LogP contribution >= 0.6 is 12.4 Å². The highest BCUT2D eigenvalue weighted by Crippen LogP contribution is 2.44. The molecule has 6 nitrogen and oxygen atoms in total. The summed E-state index contributed by atoms with van der Waals surface area (Å²) in [6, 6.07) is 6.77. The number of piperidine rings is 2. The van der Waals surface area contributed by atoms with Crippen molar-refractivity contribution in [1.29, 1.82) is 0 Å². The van der Waals surface area contributed by atoms with Gasteiger partial charge in [0.05, 0.1) is 7.11 Å². The molecule has 3 aliphatic rings. The van der Waals surface area contributed by atoms with Gasteiger partial charge in [0, 0.05) is 45.8 Å². The molecule has 3 heterocycles. The Labute approximate surface area is 169 Å². The van der Waals surface area contributed by atoms with Crippen molar-refractivity contribution in [3.05, 3.63) is 29.3 Å². The van der Waals surface area contributed by atoms with Gasteiger partial charge in [-0.05, 0) is 54.9 Å². The van der Waals surface area contributed by atoms with Crippen LogP contribution in [0, 0.1) is 5.92 Å². The molecular formula is C19H30ClN3O3S. The number of fused-ring (bicyclic) bond motifs is 4. The monoisotopic (exact) mass is 415 g/mol. The van der Waals surface area contributed by atoms with Gasteiger partial charge < -0.3 is 4.74 Å². The van der Waals surface area contributed by atoms with Crippen molar-refractivity contribution in [3.63, 3.8) is 0 Å². The maximum Gasteiger partial charge on any atom is 0.281 e. The molecule has 0 aromatic heterocycles. The summed E-state index contributed by atoms with van der Waals surface area (Å²) in [5.41, 5.74) is 2.70. The van der Waals surface area contributed by atoms with Crippen molar-refractivity contribution in [1.82, 2.24) is 13.5 Å². The van der Waals surface area contributed by atoms with Crippen LogP contribution < -0.4 is 4.74 Å². The highest BCUT2D eigenvalue weighted by atomic mass is 35.5. The zero-order chi connectivity index (χ0) is 18.5. The Bertz CT molecular complexity index is 786. The Morgan fingerprint density at radius 3 is 2.70 bits per heavy atom. The van der Waals surface area contributed by atoms with Gasteiger partial charge in [-0.2, -0.15) is 17.0 Å². The number of ether oxygens (including phenoxy) is 1. The SMILES string of the molecule is COc1ccc2c(c1)CCN1C[C@H]3CCCN(S(=O)(=O)N(C)C)[C@H]3C[C@@H]21.Cl. The maximum absolute atomic E-state index is 12.9. The van der Waals surface area contributed by atoms with E-state index in [2.05, 4.69) is 17.0 Å². The minimum atomic E-state index is -3.37. The number of halogens is 1. The second-order valence-corrected chi connectivity index (χ2v) is 10.0. The molecule has 0 N–H and O–H groups in total. The fraction of sp³-hybridized carbons (Fsp3) is 0.684. The van der Waals surface area contributed by atoms with Gasteiger partial charge >= 0.3 is 0 Å². The zero-order valence-electron chi connectivity index (χ0n) is 16.3. The van der Waals surface area contributed by atoms with Crippen LogP contribution in [0.25, 0.3) is 0 Å². The van der Waals surface area contributed by atoms with Gasteiger partial charge in [-0.3, -0.25) is 4.90 Å². The van der Waals surface area contributed by atoms with Crippen LogP contribution in [0.15, 0.2) is 18.2 Å². The maximum atomic E-state index is 12.9. The molecule has 1 aromatic carbocycles. The number of hydrogen-bond acceptors (Lipinski definition) is 4. The summed E-state index contributed by atoms with van der Waals surface area (Å²) >= 11 is 0. The normalized spacial score (nSPS) is 28.7. The number of rotatable bonds is 3. The highest BCUT2D eigenvalue weighted by Gasteiger charge is 2.46. The van der Waals surface area contributed by atoms with E-state index in [1.807, 2.05) is 6.07 Å². The minimum Gasteiger partial charge on any atom is -0.497 e. The fourth-order valence-electron chi connectivity index (χ4n) is 5.01. The molecule has 0 amide bonds. The van der Waals surface area contributed by atoms with Crippen LogP contribution in [0.2, 0.25) is 0 Å². The molecule has 0 spiro atoms. The lowest BCUT2D eigenvalue weighted by molar-refractivity contribution is 0.0203. The van der Waals surface area contributed by atoms with Gasteiger partial charge in [-0.15, -0.1) is 12.4 Å². The van der Waals surface area contributed by atoms with Crippen LogP contribution in [-0.2, 0) is 16.6 Å². The third-order valence-electron chi connectivity index (χ3n) is 6.38. The van der Waals surface area contributed by atoms with Crippen molar-refractivity contribution >= 4 is 22.6 Å². The Hall–Kier alpha value is -0.860. The Morgan fingerprint density at radius 2 is 2.00 bits per heavy atom. The molecule has 0 saturated carbocycles. The van der Waals surface area contributed by atoms with Crippen LogP contribution in [0.5, 0.6) is 5.75 Å². The third kappa shape index (κ3) is 3.60. The lowest BCUT2D eigenvalue weighted by atomic mass is 9.77. The second-order valence-electron chi connectivity index (χ2n) is 7.93. The van der Waals surface area contributed by atoms with E-state index < -0.39 is 10.2 Å². The lowest BCUT2D eigenvalue weighted by Gasteiger charge is -2.52. The minimum absolute atomic E-state index is 0. The molecular weight excluding hydrogens is 386 g/mol. The van der Waals surface area contributed by atoms with Crippen molar-refractivity contribution in [2.45, 2.75) is 37.8 Å². The fourth-order valence-corrected chi connectivity index (χ4v) is 6.39. The predicted octanol–water partition coefficient (Wildman–Crippen LogP) is 2.31. The van der Waals surface area contributed by atoms with E-state index in [1.165, 1.54) is 15.4 Å². The number of nitrogens with zero attached hydrogens (tertiary/aromatic N) is 3. The second kappa shape index (κ2) is 7.87. The Balaban J connectivity index is 0.00000210. The molecule has 1 aromatic rings. The van der Waals surface area contributed by atoms with E-state index in [4.69, 9.17) is 4.74 Å². The van der Waals surface area contributed by atoms with Gasteiger partial charge in [0.15, 0.2) is 0 Å². The summed E-state index contributed by atoms with van der Waals surface area (Å²) in [6.07, 6.45) is 4.01. The first-order valence-corrected chi connectivity index (χ1v) is 10.9. The molecule has 0 aliphatic carbocycles. The Kier molecular flexibility index (Phi) is 6.08. The molecule has 2 fully saturated rings. The topological polar surface area (TPSA) is 53.1 Å². The van der Waals surface area contributed by atoms with Crippen molar-refractivity contribution < 1.29 is 13.2 Å². The van der Waals surface area contributed by atoms with Gasteiger partial charge in [0.1, 0.15) is 5.75 Å². The average molecular weight is 416 g/mol. The van der Waals surface area contributed by atoms with E-state index in [0.29, 0.717) is 18.5 Å². The number of hydrogen-bond donors (Lipinski definition) is 0. The summed E-state index contributed by atoms with van der Waals surface area (Å²) in [5, 5.41) is 0. The standard InChI is InChI=1S/C19H29N3O3S.ClH/c1-20(2)26(23,24)22-9-4-5-15-13-21-10-8-14-11-16(25-3)6-7-17(14)19(21)12-18(15)22;/h6-7,11,15,18-19H,4-5,8-10,12-13H2,1-3H3;1H/t15-,18+,19+;/m1./s1. The zero-order valence-corrected chi connectivity index (χ0v) is 17.9. The van der Waals surface area contributed by atoms with Gasteiger partial charge in [-0.25, -0.2) is 0 Å². The summed E-state index contributed by atoms with van der Waals surface area (Å²) < 4.78 is 34.2. The molecule has 2 saturated heterocycles. The van der Waals surface area contributed by atoms with Crippen LogP contribution in [0.3, 0.4) is 0 Å². The largest absolute Gasteiger partial charge is 0.497 e. The molecule has 0 radical (unpaired) electrons. The lowest BCUT2D eigenvalue weighted by Crippen LogP contribution is -2.59. The molecule has 152 valence electrons. The van der Waals surface area contributed by atoms with E-state index >= 15 is 0 Å². The summed E-state index contributed by atoms with van der Waals surface area (Å²) in [7, 11) is 1.60. The van der Waals surface area contributed by atoms with Crippen molar-refractivity contribution in [2.24, 2.45) is 5.92 Å². The van der Waals surface area contributed by atoms with E-state index in [-0.39, 0.29) is 18.4 Å². The van der Waals surface area contributed by atoms with Gasteiger partial charge in [0.25, 0.3) is 10.2 Å². The third-order valence-corrected chi connectivity index (χ3v) is 8.35. The van der Waals surface area contributed by atoms with Gasteiger partial charge in [-0.1, -0.05) is 6.07 Å². The smallest absolute Gasteiger partial charge is 0.281 e. The average Bonchev–Trinajstić information content (AvgIpc) is 2.65. The molecule has 0 unspecified atom stereocenters. The first kappa shape index (κ1) is 20.9. The summed E-state index contributed by atoms with van der Waals surface area (Å²) in [4.78, 5) is 2.57. The predicted molar refractivity (Wildman–Crippen MR) is 109 cm³/mol. The molecule has 8 heteroatoms. The first-order chi connectivity index (χ1) is 12.4. The molecule has 27 heavy (non-hydrogen) atoms. The quantitative estimate of drug-likeness (QED) is 0.760. The van der Waals surface area contributed by atoms with Crippen molar-refractivity contribution in [3.8, 4) is 5.75 Å². The van der Waals surface area contributed by atoms with E-state index in [0.717, 1.165) is 44.5 Å². The molecule has 4 rings (SSSR count). The molecule has 3 atom stereocenters. The first-order valence-electron chi connectivity index (χ1n) is 9.52. The number of benzene rings is 1. The van der Waals surface area contributed by atoms with Crippen LogP contribution in [0.4, 0.5) is 0 Å². The summed E-state index contributed by atoms with van der Waals surface area (Å²) in [5.74, 6) is 1.34. The van der Waals surface area contributed by atoms with Crippen LogP contribution in [0.1, 0.15) is 36.4 Å². The van der Waals surface area contributed by atoms with E-state index in [1.54, 1.807) is 25.5 Å². The van der Waals surface area contributed by atoms with Gasteiger partial charge in [0.2, 0.25) is 0 Å². The molecule has 0 bridgehead atoms. The van der Waals surface area contributed by atoms with Crippen LogP contribution in [-0.4, -0.2) is 68.8 Å². The number of methoxy groups -OCH3 is 1. The highest BCUT2D eigenvalue weighted by molar-refractivity contribution is 7.86.